The lowest BCUT2D eigenvalue weighted by molar-refractivity contribution is 0.0949. The Bertz CT molecular complexity index is 899. The Morgan fingerprint density at radius 3 is 2.68 bits per heavy atom. The van der Waals surface area contributed by atoms with E-state index in [2.05, 4.69) is 11.1 Å². The van der Waals surface area contributed by atoms with E-state index in [-0.39, 0.29) is 11.9 Å². The third kappa shape index (κ3) is 3.85. The molecule has 0 unspecified atom stereocenters. The highest BCUT2D eigenvalue weighted by Gasteiger charge is 2.15. The van der Waals surface area contributed by atoms with Crippen molar-refractivity contribution in [1.82, 2.24) is 9.55 Å². The van der Waals surface area contributed by atoms with Crippen LogP contribution >= 0.6 is 0 Å². The van der Waals surface area contributed by atoms with Crippen LogP contribution in [-0.2, 0) is 0 Å². The molecular formula is C20H22N4O. The molecule has 1 saturated carbocycles. The molecule has 5 heteroatoms. The maximum absolute atomic E-state index is 12.9. The lowest BCUT2D eigenvalue weighted by atomic mass is 9.96. The quantitative estimate of drug-likeness (QED) is 0.846. The molecule has 0 radical (unpaired) electrons. The summed E-state index contributed by atoms with van der Waals surface area (Å²) in [7, 11) is 0. The molecule has 0 aliphatic heterocycles. The molecule has 1 aliphatic carbocycles. The van der Waals surface area contributed by atoms with Gasteiger partial charge < -0.3 is 0 Å². The molecule has 0 amide bonds. The number of nitrogens with zero attached hydrogens (tertiary/aromatic N) is 4. The van der Waals surface area contributed by atoms with Gasteiger partial charge in [-0.3, -0.25) is 14.4 Å². The third-order valence-corrected chi connectivity index (χ3v) is 4.62. The Morgan fingerprint density at radius 2 is 2.00 bits per heavy atom. The van der Waals surface area contributed by atoms with E-state index in [1.807, 2.05) is 19.1 Å². The molecule has 128 valence electrons. The molecule has 2 heterocycles. The minimum atomic E-state index is -0.220. The lowest BCUT2D eigenvalue weighted by Gasteiger charge is -2.18. The zero-order valence-electron chi connectivity index (χ0n) is 14.7. The van der Waals surface area contributed by atoms with Crippen molar-refractivity contribution in [2.75, 3.05) is 0 Å². The average molecular weight is 334 g/mol. The first-order valence-electron chi connectivity index (χ1n) is 8.74. The number of hydrogen-bond donors (Lipinski definition) is 0. The van der Waals surface area contributed by atoms with Gasteiger partial charge >= 0.3 is 0 Å². The van der Waals surface area contributed by atoms with Crippen molar-refractivity contribution >= 4 is 5.91 Å². The van der Waals surface area contributed by atoms with Crippen LogP contribution in [0.4, 0.5) is 0 Å². The summed E-state index contributed by atoms with van der Waals surface area (Å²) < 4.78 is 1.56. The SMILES string of the molecule is Cc1ccn(C(=O)c2ccc(C#N)c(C)n2)c(=NC2CCCCC2)c1. The molecule has 0 saturated heterocycles. The first kappa shape index (κ1) is 17.1. The molecule has 2 aromatic rings. The second kappa shape index (κ2) is 7.43. The van der Waals surface area contributed by atoms with E-state index in [9.17, 15) is 4.79 Å². The summed E-state index contributed by atoms with van der Waals surface area (Å²) in [5.74, 6) is -0.220. The van der Waals surface area contributed by atoms with Gasteiger partial charge in [-0.2, -0.15) is 5.26 Å². The van der Waals surface area contributed by atoms with E-state index in [0.717, 1.165) is 18.4 Å². The van der Waals surface area contributed by atoms with Crippen molar-refractivity contribution < 1.29 is 4.79 Å². The van der Waals surface area contributed by atoms with Gasteiger partial charge in [0.25, 0.3) is 5.91 Å². The first-order valence-corrected chi connectivity index (χ1v) is 8.74. The zero-order valence-corrected chi connectivity index (χ0v) is 14.7. The van der Waals surface area contributed by atoms with Gasteiger partial charge in [0.05, 0.1) is 17.3 Å². The maximum atomic E-state index is 12.9. The van der Waals surface area contributed by atoms with Crippen LogP contribution in [0, 0.1) is 25.2 Å². The van der Waals surface area contributed by atoms with Gasteiger partial charge in [0.15, 0.2) is 0 Å². The summed E-state index contributed by atoms with van der Waals surface area (Å²) in [5.41, 5.74) is 3.12. The van der Waals surface area contributed by atoms with E-state index >= 15 is 0 Å². The summed E-state index contributed by atoms with van der Waals surface area (Å²) in [6.45, 7) is 3.74. The molecule has 0 N–H and O–H groups in total. The number of hydrogen-bond acceptors (Lipinski definition) is 4. The summed E-state index contributed by atoms with van der Waals surface area (Å²) >= 11 is 0. The standard InChI is InChI=1S/C20H22N4O/c1-14-10-11-24(19(12-14)23-17-6-4-3-5-7-17)20(25)18-9-8-16(13-21)15(2)22-18/h8-12,17H,3-7H2,1-2H3. The van der Waals surface area contributed by atoms with Crippen LogP contribution in [-0.4, -0.2) is 21.5 Å². The number of pyridine rings is 2. The molecule has 1 fully saturated rings. The van der Waals surface area contributed by atoms with Crippen LogP contribution in [0.25, 0.3) is 0 Å². The summed E-state index contributed by atoms with van der Waals surface area (Å²) in [5, 5.41) is 9.03. The van der Waals surface area contributed by atoms with Crippen molar-refractivity contribution in [1.29, 1.82) is 5.26 Å². The normalized spacial score (nSPS) is 15.8. The second-order valence-corrected chi connectivity index (χ2v) is 6.60. The molecule has 25 heavy (non-hydrogen) atoms. The molecule has 3 rings (SSSR count). The molecule has 0 spiro atoms. The van der Waals surface area contributed by atoms with E-state index in [0.29, 0.717) is 22.4 Å². The largest absolute Gasteiger partial charge is 0.282 e. The van der Waals surface area contributed by atoms with Crippen LogP contribution in [0.5, 0.6) is 0 Å². The minimum Gasteiger partial charge on any atom is -0.267 e. The fraction of sp³-hybridized carbons (Fsp3) is 0.400. The van der Waals surface area contributed by atoms with Crippen molar-refractivity contribution in [3.63, 3.8) is 0 Å². The van der Waals surface area contributed by atoms with Crippen molar-refractivity contribution in [3.05, 3.63) is 58.5 Å². The highest BCUT2D eigenvalue weighted by Crippen LogP contribution is 2.19. The summed E-state index contributed by atoms with van der Waals surface area (Å²) in [6.07, 6.45) is 7.59. The topological polar surface area (TPSA) is 71.0 Å². The van der Waals surface area contributed by atoms with Gasteiger partial charge in [-0.25, -0.2) is 4.98 Å². The van der Waals surface area contributed by atoms with Gasteiger partial charge in [-0.1, -0.05) is 19.3 Å². The molecule has 0 atom stereocenters. The second-order valence-electron chi connectivity index (χ2n) is 6.60. The maximum Gasteiger partial charge on any atom is 0.282 e. The number of carbonyl (C=O) groups excluding carboxylic acids is 1. The van der Waals surface area contributed by atoms with E-state index in [1.165, 1.54) is 19.3 Å². The minimum absolute atomic E-state index is 0.220. The Morgan fingerprint density at radius 1 is 1.24 bits per heavy atom. The summed E-state index contributed by atoms with van der Waals surface area (Å²) in [4.78, 5) is 22.1. The number of aromatic nitrogens is 2. The van der Waals surface area contributed by atoms with Crippen LogP contribution in [0.15, 0.2) is 35.5 Å². The fourth-order valence-electron chi connectivity index (χ4n) is 3.18. The lowest BCUT2D eigenvalue weighted by Crippen LogP contribution is -2.30. The van der Waals surface area contributed by atoms with Gasteiger partial charge in [0.2, 0.25) is 0 Å². The summed E-state index contributed by atoms with van der Waals surface area (Å²) in [6, 6.07) is 9.45. The molecule has 0 bridgehead atoms. The van der Waals surface area contributed by atoms with Crippen LogP contribution < -0.4 is 5.49 Å². The predicted molar refractivity (Wildman–Crippen MR) is 95.0 cm³/mol. The van der Waals surface area contributed by atoms with Gasteiger partial charge in [0, 0.05) is 6.20 Å². The Labute approximate surface area is 147 Å². The van der Waals surface area contributed by atoms with Crippen LogP contribution in [0.2, 0.25) is 0 Å². The smallest absolute Gasteiger partial charge is 0.267 e. The fourth-order valence-corrected chi connectivity index (χ4v) is 3.18. The average Bonchev–Trinajstić information content (AvgIpc) is 2.62. The first-order chi connectivity index (χ1) is 12.1. The highest BCUT2D eigenvalue weighted by molar-refractivity contribution is 5.94. The van der Waals surface area contributed by atoms with Crippen molar-refractivity contribution in [2.45, 2.75) is 52.0 Å². The molecule has 5 nitrogen and oxygen atoms in total. The third-order valence-electron chi connectivity index (χ3n) is 4.62. The predicted octanol–water partition coefficient (Wildman–Crippen LogP) is 3.29. The van der Waals surface area contributed by atoms with Gasteiger partial charge in [-0.05, 0) is 56.5 Å². The van der Waals surface area contributed by atoms with Crippen molar-refractivity contribution in [2.24, 2.45) is 4.99 Å². The Hall–Kier alpha value is -2.74. The number of rotatable bonds is 2. The molecule has 1 aliphatic rings. The van der Waals surface area contributed by atoms with E-state index in [1.54, 1.807) is 29.8 Å². The Balaban J connectivity index is 2.02. The highest BCUT2D eigenvalue weighted by atomic mass is 16.2. The van der Waals surface area contributed by atoms with E-state index < -0.39 is 0 Å². The van der Waals surface area contributed by atoms with Gasteiger partial charge in [-0.15, -0.1) is 0 Å². The Kier molecular flexibility index (Phi) is 5.08. The monoisotopic (exact) mass is 334 g/mol. The van der Waals surface area contributed by atoms with Crippen LogP contribution in [0.1, 0.15) is 59.4 Å². The molecule has 0 aromatic carbocycles. The van der Waals surface area contributed by atoms with Crippen molar-refractivity contribution in [3.8, 4) is 6.07 Å². The zero-order chi connectivity index (χ0) is 17.8. The molecule has 2 aromatic heterocycles. The molecular weight excluding hydrogens is 312 g/mol. The van der Waals surface area contributed by atoms with Crippen LogP contribution in [0.3, 0.4) is 0 Å². The number of aryl methyl sites for hydroxylation is 2. The number of nitriles is 1. The van der Waals surface area contributed by atoms with Gasteiger partial charge in [0.1, 0.15) is 17.3 Å². The van der Waals surface area contributed by atoms with E-state index in [4.69, 9.17) is 10.3 Å². The number of carbonyl (C=O) groups is 1.